The van der Waals surface area contributed by atoms with E-state index in [1.54, 1.807) is 0 Å². The lowest BCUT2D eigenvalue weighted by Crippen LogP contribution is -2.26. The molecule has 4 heteroatoms. The third-order valence-electron chi connectivity index (χ3n) is 3.79. The van der Waals surface area contributed by atoms with Gasteiger partial charge in [0.05, 0.1) is 5.69 Å². The molecule has 4 rings (SSSR count). The molecule has 0 bridgehead atoms. The SMILES string of the molecule is Cc1nc(-c2cc3ccccc3o2)nc2c1CCNC2. The third-order valence-corrected chi connectivity index (χ3v) is 3.79. The molecule has 1 N–H and O–H groups in total. The maximum absolute atomic E-state index is 5.85. The highest BCUT2D eigenvalue weighted by Crippen LogP contribution is 2.27. The van der Waals surface area contributed by atoms with Crippen molar-refractivity contribution >= 4 is 11.0 Å². The summed E-state index contributed by atoms with van der Waals surface area (Å²) in [7, 11) is 0. The van der Waals surface area contributed by atoms with E-state index in [1.807, 2.05) is 30.3 Å². The summed E-state index contributed by atoms with van der Waals surface area (Å²) >= 11 is 0. The van der Waals surface area contributed by atoms with E-state index in [-0.39, 0.29) is 0 Å². The molecule has 3 aromatic rings. The first-order valence-electron chi connectivity index (χ1n) is 6.87. The molecule has 0 radical (unpaired) electrons. The summed E-state index contributed by atoms with van der Waals surface area (Å²) in [5, 5.41) is 4.44. The molecule has 0 spiro atoms. The highest BCUT2D eigenvalue weighted by atomic mass is 16.3. The Kier molecular flexibility index (Phi) is 2.57. The van der Waals surface area contributed by atoms with Crippen molar-refractivity contribution < 1.29 is 4.42 Å². The number of nitrogens with zero attached hydrogens (tertiary/aromatic N) is 2. The van der Waals surface area contributed by atoms with Gasteiger partial charge in [-0.15, -0.1) is 0 Å². The van der Waals surface area contributed by atoms with Crippen molar-refractivity contribution in [1.29, 1.82) is 0 Å². The van der Waals surface area contributed by atoms with E-state index in [0.717, 1.165) is 47.6 Å². The highest BCUT2D eigenvalue weighted by molar-refractivity contribution is 5.81. The molecule has 1 aliphatic rings. The van der Waals surface area contributed by atoms with Crippen molar-refractivity contribution in [3.63, 3.8) is 0 Å². The van der Waals surface area contributed by atoms with Gasteiger partial charge in [-0.3, -0.25) is 0 Å². The van der Waals surface area contributed by atoms with Crippen molar-refractivity contribution in [1.82, 2.24) is 15.3 Å². The maximum Gasteiger partial charge on any atom is 0.196 e. The Balaban J connectivity index is 1.87. The minimum absolute atomic E-state index is 0.682. The number of hydrogen-bond donors (Lipinski definition) is 1. The highest BCUT2D eigenvalue weighted by Gasteiger charge is 2.17. The van der Waals surface area contributed by atoms with Gasteiger partial charge in [-0.1, -0.05) is 18.2 Å². The molecule has 1 aliphatic heterocycles. The second kappa shape index (κ2) is 4.42. The predicted octanol–water partition coefficient (Wildman–Crippen LogP) is 2.84. The summed E-state index contributed by atoms with van der Waals surface area (Å²) in [6.07, 6.45) is 1.00. The number of hydrogen-bond acceptors (Lipinski definition) is 4. The van der Waals surface area contributed by atoms with Gasteiger partial charge >= 0.3 is 0 Å². The van der Waals surface area contributed by atoms with Gasteiger partial charge < -0.3 is 9.73 Å². The predicted molar refractivity (Wildman–Crippen MR) is 77.4 cm³/mol. The summed E-state index contributed by atoms with van der Waals surface area (Å²) in [5.74, 6) is 1.42. The molecule has 3 heterocycles. The van der Waals surface area contributed by atoms with Gasteiger partial charge in [-0.25, -0.2) is 9.97 Å². The molecule has 0 unspecified atom stereocenters. The minimum Gasteiger partial charge on any atom is -0.453 e. The Hall–Kier alpha value is -2.20. The van der Waals surface area contributed by atoms with E-state index in [1.165, 1.54) is 5.56 Å². The molecule has 20 heavy (non-hydrogen) atoms. The van der Waals surface area contributed by atoms with Crippen molar-refractivity contribution in [2.45, 2.75) is 19.9 Å². The fourth-order valence-corrected chi connectivity index (χ4v) is 2.75. The molecule has 0 atom stereocenters. The number of aromatic nitrogens is 2. The topological polar surface area (TPSA) is 51.0 Å². The zero-order valence-corrected chi connectivity index (χ0v) is 11.3. The summed E-state index contributed by atoms with van der Waals surface area (Å²) in [6, 6.07) is 9.98. The van der Waals surface area contributed by atoms with Crippen molar-refractivity contribution in [3.05, 3.63) is 47.3 Å². The standard InChI is InChI=1S/C16H15N3O/c1-10-12-6-7-17-9-13(12)19-16(18-10)15-8-11-4-2-3-5-14(11)20-15/h2-5,8,17H,6-7,9H2,1H3. The number of nitrogens with one attached hydrogen (secondary N) is 1. The molecule has 0 saturated carbocycles. The minimum atomic E-state index is 0.682. The Morgan fingerprint density at radius 3 is 3.00 bits per heavy atom. The van der Waals surface area contributed by atoms with E-state index < -0.39 is 0 Å². The maximum atomic E-state index is 5.85. The summed E-state index contributed by atoms with van der Waals surface area (Å²) in [4.78, 5) is 9.29. The lowest BCUT2D eigenvalue weighted by Gasteiger charge is -2.18. The normalized spacial score (nSPS) is 14.4. The molecule has 0 amide bonds. The molecule has 0 saturated heterocycles. The monoisotopic (exact) mass is 265 g/mol. The fraction of sp³-hybridized carbons (Fsp3) is 0.250. The lowest BCUT2D eigenvalue weighted by atomic mass is 10.0. The third kappa shape index (κ3) is 1.80. The van der Waals surface area contributed by atoms with Crippen LogP contribution in [0.2, 0.25) is 0 Å². The fourth-order valence-electron chi connectivity index (χ4n) is 2.75. The van der Waals surface area contributed by atoms with Crippen LogP contribution < -0.4 is 5.32 Å². The van der Waals surface area contributed by atoms with E-state index in [4.69, 9.17) is 4.42 Å². The van der Waals surface area contributed by atoms with Crippen molar-refractivity contribution in [2.75, 3.05) is 6.54 Å². The van der Waals surface area contributed by atoms with E-state index >= 15 is 0 Å². The van der Waals surface area contributed by atoms with Gasteiger partial charge in [0.15, 0.2) is 11.6 Å². The molecule has 100 valence electrons. The average Bonchev–Trinajstić information content (AvgIpc) is 2.91. The second-order valence-corrected chi connectivity index (χ2v) is 5.13. The Labute approximate surface area is 116 Å². The first-order chi connectivity index (χ1) is 9.81. The molecule has 2 aromatic heterocycles. The molecule has 1 aromatic carbocycles. The van der Waals surface area contributed by atoms with Gasteiger partial charge in [0.25, 0.3) is 0 Å². The van der Waals surface area contributed by atoms with Crippen LogP contribution in [0, 0.1) is 6.92 Å². The van der Waals surface area contributed by atoms with E-state index in [9.17, 15) is 0 Å². The number of benzene rings is 1. The van der Waals surface area contributed by atoms with Crippen LogP contribution in [0.25, 0.3) is 22.6 Å². The van der Waals surface area contributed by atoms with Crippen LogP contribution in [0.3, 0.4) is 0 Å². The first kappa shape index (κ1) is 11.6. The summed E-state index contributed by atoms with van der Waals surface area (Å²) < 4.78 is 5.85. The number of fused-ring (bicyclic) bond motifs is 2. The number of para-hydroxylation sites is 1. The largest absolute Gasteiger partial charge is 0.453 e. The van der Waals surface area contributed by atoms with Crippen LogP contribution >= 0.6 is 0 Å². The number of aryl methyl sites for hydroxylation is 1. The number of furan rings is 1. The molecule has 0 aliphatic carbocycles. The Morgan fingerprint density at radius 2 is 2.10 bits per heavy atom. The summed E-state index contributed by atoms with van der Waals surface area (Å²) in [6.45, 7) is 3.87. The smallest absolute Gasteiger partial charge is 0.196 e. The van der Waals surface area contributed by atoms with E-state index in [0.29, 0.717) is 5.82 Å². The zero-order chi connectivity index (χ0) is 13.5. The van der Waals surface area contributed by atoms with E-state index in [2.05, 4.69) is 22.2 Å². The van der Waals surface area contributed by atoms with Crippen LogP contribution in [0.15, 0.2) is 34.7 Å². The first-order valence-corrected chi connectivity index (χ1v) is 6.87. The van der Waals surface area contributed by atoms with Gasteiger partial charge in [0.1, 0.15) is 5.58 Å². The van der Waals surface area contributed by atoms with Crippen LogP contribution in [0.4, 0.5) is 0 Å². The second-order valence-electron chi connectivity index (χ2n) is 5.13. The number of rotatable bonds is 1. The van der Waals surface area contributed by atoms with Gasteiger partial charge in [-0.05, 0) is 37.6 Å². The molecule has 0 fully saturated rings. The van der Waals surface area contributed by atoms with Gasteiger partial charge in [-0.2, -0.15) is 0 Å². The van der Waals surface area contributed by atoms with Crippen LogP contribution in [-0.2, 0) is 13.0 Å². The van der Waals surface area contributed by atoms with Crippen molar-refractivity contribution in [2.24, 2.45) is 0 Å². The van der Waals surface area contributed by atoms with Crippen LogP contribution in [0.5, 0.6) is 0 Å². The summed E-state index contributed by atoms with van der Waals surface area (Å²) in [5.41, 5.74) is 4.31. The Bertz CT molecular complexity index is 759. The average molecular weight is 265 g/mol. The lowest BCUT2D eigenvalue weighted by molar-refractivity contribution is 0.605. The van der Waals surface area contributed by atoms with Crippen LogP contribution in [0.1, 0.15) is 17.0 Å². The molecular weight excluding hydrogens is 250 g/mol. The molecule has 4 nitrogen and oxygen atoms in total. The zero-order valence-electron chi connectivity index (χ0n) is 11.3. The van der Waals surface area contributed by atoms with Crippen LogP contribution in [-0.4, -0.2) is 16.5 Å². The quantitative estimate of drug-likeness (QED) is 0.735. The van der Waals surface area contributed by atoms with Gasteiger partial charge in [0.2, 0.25) is 0 Å². The Morgan fingerprint density at radius 1 is 1.20 bits per heavy atom. The van der Waals surface area contributed by atoms with Gasteiger partial charge in [0, 0.05) is 17.6 Å². The van der Waals surface area contributed by atoms with Crippen molar-refractivity contribution in [3.8, 4) is 11.6 Å². The molecular formula is C16H15N3O.